The lowest BCUT2D eigenvalue weighted by Gasteiger charge is -2.39. The maximum atomic E-state index is 14.8. The van der Waals surface area contributed by atoms with Gasteiger partial charge in [0.25, 0.3) is 21.9 Å². The number of ether oxygens (including phenoxy) is 5. The summed E-state index contributed by atoms with van der Waals surface area (Å²) >= 11 is 0. The number of hydrogen-bond donors (Lipinski definition) is 6. The molecule has 22 heteroatoms. The molecule has 0 spiro atoms. The van der Waals surface area contributed by atoms with Crippen LogP contribution in [0.4, 0.5) is 21.9 Å². The van der Waals surface area contributed by atoms with Crippen LogP contribution in [0.25, 0.3) is 0 Å². The first-order valence-corrected chi connectivity index (χ1v) is 34.2. The lowest BCUT2D eigenvalue weighted by atomic mass is 9.72. The molecule has 3 aliphatic rings. The summed E-state index contributed by atoms with van der Waals surface area (Å²) in [5.41, 5.74) is 4.33. The average Bonchev–Trinajstić information content (AvgIpc) is 0.833. The molecule has 0 aromatic heterocycles. The Morgan fingerprint density at radius 2 is 0.979 bits per heavy atom. The van der Waals surface area contributed by atoms with E-state index in [1.165, 1.54) is 18.2 Å². The van der Waals surface area contributed by atoms with Gasteiger partial charge in [0, 0.05) is 52.8 Å². The molecular weight excluding hydrogens is 1220 g/mol. The number of hydrogen-bond acceptors (Lipinski definition) is 15. The Morgan fingerprint density at radius 3 is 1.50 bits per heavy atom. The van der Waals surface area contributed by atoms with Crippen LogP contribution in [0.5, 0.6) is 5.75 Å². The molecule has 6 amide bonds. The molecule has 0 saturated heterocycles. The molecule has 0 aliphatic heterocycles. The van der Waals surface area contributed by atoms with Crippen LogP contribution >= 0.6 is 0 Å². The van der Waals surface area contributed by atoms with Crippen LogP contribution in [0.2, 0.25) is 0 Å². The van der Waals surface area contributed by atoms with Crippen molar-refractivity contribution in [3.63, 3.8) is 0 Å². The van der Waals surface area contributed by atoms with Crippen LogP contribution in [0.3, 0.4) is 0 Å². The van der Waals surface area contributed by atoms with Crippen LogP contribution in [0.15, 0.2) is 90.3 Å². The maximum Gasteiger partial charge on any atom is 0.407 e. The van der Waals surface area contributed by atoms with Gasteiger partial charge in [-0.15, -0.1) is 0 Å². The molecule has 0 heterocycles. The standard InChI is InChI=1S/C72H98N6O15S/c1-15-20-91-70(84)52-28-43(4)30-54(37-52)74-66(80)56-38-61(49(10)33-45(56)6)76-69(83)59-31-44(5)32-63(64(59)90-25-23-88-21-22-89-24-26-92-94(86,87)55-18-16-41(2)17-19-55)77-68(82)58-39-60(48(9)34-47(58)8)75-65(79)51-27-42(3)29-53(36-51)73-67(81)57-40-62(50(11)35-46(57)7)78-71(85)93-72(12,13)14/h15-19,27-32,36-37,45-50,56-58,60-62H,1,20-26,33-35,38-40H2,2-14H3,(H,73,81)(H,74,80)(H,75,79)(H,76,83)(H,77,82)(H,78,85)/t45-,46-,47-,48+,49+,50+,56+,57+,58+,60+,61+,62+/m1/s1. The minimum absolute atomic E-state index is 0.0109. The minimum atomic E-state index is -3.96. The Balaban J connectivity index is 1.03. The van der Waals surface area contributed by atoms with Crippen molar-refractivity contribution in [3.05, 3.63) is 124 Å². The summed E-state index contributed by atoms with van der Waals surface area (Å²) in [6, 6.07) is 18.9. The van der Waals surface area contributed by atoms with Gasteiger partial charge in [-0.05, 0) is 200 Å². The van der Waals surface area contributed by atoms with E-state index in [1.54, 1.807) is 82.3 Å². The highest BCUT2D eigenvalue weighted by Gasteiger charge is 2.42. The second-order valence-corrected chi connectivity index (χ2v) is 29.0. The second-order valence-electron chi connectivity index (χ2n) is 27.4. The summed E-state index contributed by atoms with van der Waals surface area (Å²) in [6.45, 7) is 28.6. The monoisotopic (exact) mass is 1320 g/mol. The van der Waals surface area contributed by atoms with Crippen LogP contribution in [-0.4, -0.2) is 120 Å². The number of nitrogens with one attached hydrogen (secondary N) is 6. The number of aryl methyl sites for hydroxylation is 4. The zero-order valence-electron chi connectivity index (χ0n) is 56.9. The van der Waals surface area contributed by atoms with E-state index < -0.39 is 63.5 Å². The number of carbonyl (C=O) groups is 7. The molecular formula is C72H98N6O15S. The molecule has 0 radical (unpaired) electrons. The predicted octanol–water partition coefficient (Wildman–Crippen LogP) is 11.4. The van der Waals surface area contributed by atoms with E-state index in [2.05, 4.69) is 45.4 Å². The van der Waals surface area contributed by atoms with Gasteiger partial charge in [-0.25, -0.2) is 9.59 Å². The highest BCUT2D eigenvalue weighted by Crippen LogP contribution is 2.40. The van der Waals surface area contributed by atoms with Crippen LogP contribution in [0, 0.1) is 81.0 Å². The quantitative estimate of drug-likeness (QED) is 0.0148. The smallest absolute Gasteiger partial charge is 0.407 e. The molecule has 3 fully saturated rings. The first-order chi connectivity index (χ1) is 44.4. The molecule has 6 N–H and O–H groups in total. The van der Waals surface area contributed by atoms with Crippen molar-refractivity contribution in [2.45, 2.75) is 157 Å². The number of amides is 6. The summed E-state index contributed by atoms with van der Waals surface area (Å²) in [4.78, 5) is 97.6. The predicted molar refractivity (Wildman–Crippen MR) is 360 cm³/mol. The molecule has 0 unspecified atom stereocenters. The third-order valence-electron chi connectivity index (χ3n) is 18.1. The SMILES string of the molecule is C=CCOC(=O)c1cc(C)cc(NC(=O)[C@H]2C[C@H](NC(=O)c3cc(C)cc(NC(=O)[C@H]4C[C@H](NC(=O)c5cc(C)cc(NC(=O)[C@H]6C[C@H](NC(=O)OC(C)(C)C)[C@@H](C)C[C@H]6C)c5)[C@@H](C)C[C@H]4C)c3OCCOCCOCCOS(=O)(=O)c3ccc(C)cc3)[C@@H](C)C[C@H]2C)c1. The largest absolute Gasteiger partial charge is 0.488 e. The number of benzene rings is 4. The van der Waals surface area contributed by atoms with Gasteiger partial charge in [0.15, 0.2) is 5.75 Å². The summed E-state index contributed by atoms with van der Waals surface area (Å²) in [6.07, 6.45) is 3.94. The van der Waals surface area contributed by atoms with Crippen molar-refractivity contribution >= 4 is 68.8 Å². The molecule has 94 heavy (non-hydrogen) atoms. The maximum absolute atomic E-state index is 14.8. The van der Waals surface area contributed by atoms with E-state index in [9.17, 15) is 42.0 Å². The zero-order chi connectivity index (χ0) is 68.8. The second kappa shape index (κ2) is 33.1. The van der Waals surface area contributed by atoms with Crippen molar-refractivity contribution in [1.82, 2.24) is 16.0 Å². The van der Waals surface area contributed by atoms with Crippen molar-refractivity contribution in [1.29, 1.82) is 0 Å². The summed E-state index contributed by atoms with van der Waals surface area (Å²) < 4.78 is 59.0. The molecule has 4 aromatic rings. The fraction of sp³-hybridized carbons (Fsp3) is 0.542. The lowest BCUT2D eigenvalue weighted by molar-refractivity contribution is -0.123. The normalized spacial score (nSPS) is 23.8. The zero-order valence-corrected chi connectivity index (χ0v) is 57.7. The van der Waals surface area contributed by atoms with Gasteiger partial charge < -0.3 is 55.6 Å². The number of rotatable bonds is 26. The topological polar surface area (TPSA) is 281 Å². The molecule has 3 aliphatic carbocycles. The van der Waals surface area contributed by atoms with Crippen LogP contribution < -0.4 is 36.6 Å². The van der Waals surface area contributed by atoms with E-state index in [0.717, 1.165) is 23.1 Å². The van der Waals surface area contributed by atoms with Crippen LogP contribution in [-0.2, 0) is 47.6 Å². The van der Waals surface area contributed by atoms with Gasteiger partial charge in [0.05, 0.1) is 54.7 Å². The Kier molecular flexibility index (Phi) is 26.0. The fourth-order valence-corrected chi connectivity index (χ4v) is 14.1. The van der Waals surface area contributed by atoms with E-state index in [-0.39, 0.29) is 139 Å². The van der Waals surface area contributed by atoms with Gasteiger partial charge >= 0.3 is 12.1 Å². The molecule has 21 nitrogen and oxygen atoms in total. The Labute approximate surface area is 554 Å². The van der Waals surface area contributed by atoms with Crippen molar-refractivity contribution in [2.75, 3.05) is 62.2 Å². The molecule has 7 rings (SSSR count). The summed E-state index contributed by atoms with van der Waals surface area (Å²) in [5, 5.41) is 18.6. The van der Waals surface area contributed by atoms with Gasteiger partial charge in [0.2, 0.25) is 17.7 Å². The third kappa shape index (κ3) is 20.9. The first-order valence-electron chi connectivity index (χ1n) is 32.8. The molecule has 0 bridgehead atoms. The molecule has 3 saturated carbocycles. The number of alkyl carbamates (subject to hydrolysis) is 1. The van der Waals surface area contributed by atoms with Crippen molar-refractivity contribution < 1.29 is 69.8 Å². The number of anilines is 3. The van der Waals surface area contributed by atoms with Crippen molar-refractivity contribution in [3.8, 4) is 5.75 Å². The Morgan fingerprint density at radius 1 is 0.521 bits per heavy atom. The summed E-state index contributed by atoms with van der Waals surface area (Å²) in [7, 11) is -3.96. The number of carbonyl (C=O) groups excluding carboxylic acids is 7. The van der Waals surface area contributed by atoms with Gasteiger partial charge in [-0.2, -0.15) is 8.42 Å². The highest BCUT2D eigenvalue weighted by molar-refractivity contribution is 7.86. The molecule has 4 aromatic carbocycles. The lowest BCUT2D eigenvalue weighted by Crippen LogP contribution is -2.49. The minimum Gasteiger partial charge on any atom is -0.488 e. The fourth-order valence-electron chi connectivity index (χ4n) is 13.2. The molecule has 512 valence electrons. The van der Waals surface area contributed by atoms with Crippen LogP contribution in [0.1, 0.15) is 154 Å². The van der Waals surface area contributed by atoms with E-state index >= 15 is 0 Å². The van der Waals surface area contributed by atoms with Gasteiger partial charge in [-0.1, -0.05) is 71.9 Å². The first kappa shape index (κ1) is 73.7. The average molecular weight is 1320 g/mol. The number of esters is 1. The Bertz CT molecular complexity index is 3480. The molecule has 12 atom stereocenters. The van der Waals surface area contributed by atoms with E-state index in [1.807, 2.05) is 61.5 Å². The van der Waals surface area contributed by atoms with Gasteiger partial charge in [0.1, 0.15) is 18.8 Å². The van der Waals surface area contributed by atoms with Gasteiger partial charge in [-0.3, -0.25) is 28.2 Å². The van der Waals surface area contributed by atoms with Crippen molar-refractivity contribution in [2.24, 2.45) is 53.3 Å². The van der Waals surface area contributed by atoms with E-state index in [0.29, 0.717) is 54.6 Å². The third-order valence-corrected chi connectivity index (χ3v) is 19.4. The van der Waals surface area contributed by atoms with E-state index in [4.69, 9.17) is 27.9 Å². The Hall–Kier alpha value is -7.66. The summed E-state index contributed by atoms with van der Waals surface area (Å²) in [5.74, 6) is -3.65. The highest BCUT2D eigenvalue weighted by atomic mass is 32.2.